The second-order valence-corrected chi connectivity index (χ2v) is 5.40. The third kappa shape index (κ3) is 3.74. The summed E-state index contributed by atoms with van der Waals surface area (Å²) in [5.74, 6) is -0.614. The van der Waals surface area contributed by atoms with E-state index in [-0.39, 0.29) is 23.5 Å². The Morgan fingerprint density at radius 3 is 2.78 bits per heavy atom. The Morgan fingerprint density at radius 2 is 2.17 bits per heavy atom. The monoisotopic (exact) mass is 276 g/mol. The summed E-state index contributed by atoms with van der Waals surface area (Å²) in [7, 11) is -2.20. The van der Waals surface area contributed by atoms with E-state index in [4.69, 9.17) is 10.5 Å². The van der Waals surface area contributed by atoms with Gasteiger partial charge in [0.05, 0.1) is 4.90 Å². The van der Waals surface area contributed by atoms with E-state index in [2.05, 4.69) is 4.72 Å². The normalized spacial score (nSPS) is 11.7. The Hall–Kier alpha value is -1.02. The largest absolute Gasteiger partial charge is 0.385 e. The third-order valence-electron chi connectivity index (χ3n) is 2.39. The topological polar surface area (TPSA) is 81.4 Å². The van der Waals surface area contributed by atoms with Crippen molar-refractivity contribution in [3.8, 4) is 0 Å². The predicted octanol–water partition coefficient (Wildman–Crippen LogP) is 0.599. The lowest BCUT2D eigenvalue weighted by Crippen LogP contribution is -2.27. The number of nitrogens with two attached hydrogens (primary N) is 1. The van der Waals surface area contributed by atoms with Crippen molar-refractivity contribution in [3.63, 3.8) is 0 Å². The summed E-state index contributed by atoms with van der Waals surface area (Å²) in [5, 5.41) is 0. The van der Waals surface area contributed by atoms with E-state index in [1.165, 1.54) is 25.3 Å². The van der Waals surface area contributed by atoms with Crippen LogP contribution < -0.4 is 10.5 Å². The Bertz CT molecular complexity index is 491. The molecule has 0 aliphatic carbocycles. The SMILES string of the molecule is COCCCNS(=O)(=O)c1cccc(F)c1CN. The fraction of sp³-hybridized carbons (Fsp3) is 0.455. The van der Waals surface area contributed by atoms with Gasteiger partial charge in [0.1, 0.15) is 5.82 Å². The highest BCUT2D eigenvalue weighted by molar-refractivity contribution is 7.89. The van der Waals surface area contributed by atoms with Gasteiger partial charge in [0.15, 0.2) is 0 Å². The molecule has 0 bridgehead atoms. The molecule has 18 heavy (non-hydrogen) atoms. The number of hydrogen-bond acceptors (Lipinski definition) is 4. The second kappa shape index (κ2) is 6.79. The number of benzene rings is 1. The molecule has 1 rings (SSSR count). The molecule has 0 saturated heterocycles. The molecule has 1 aromatic rings. The van der Waals surface area contributed by atoms with Crippen molar-refractivity contribution >= 4 is 10.0 Å². The zero-order valence-corrected chi connectivity index (χ0v) is 11.0. The number of nitrogens with one attached hydrogen (secondary N) is 1. The number of ether oxygens (including phenoxy) is 1. The van der Waals surface area contributed by atoms with Crippen molar-refractivity contribution < 1.29 is 17.5 Å². The molecule has 0 spiro atoms. The first-order chi connectivity index (χ1) is 8.53. The van der Waals surface area contributed by atoms with Crippen LogP contribution in [0.3, 0.4) is 0 Å². The van der Waals surface area contributed by atoms with Gasteiger partial charge >= 0.3 is 0 Å². The fourth-order valence-corrected chi connectivity index (χ4v) is 2.82. The first kappa shape index (κ1) is 15.0. The van der Waals surface area contributed by atoms with Crippen LogP contribution in [0.1, 0.15) is 12.0 Å². The maximum Gasteiger partial charge on any atom is 0.240 e. The minimum absolute atomic E-state index is 0.00302. The number of methoxy groups -OCH3 is 1. The average Bonchev–Trinajstić information content (AvgIpc) is 2.34. The van der Waals surface area contributed by atoms with Crippen molar-refractivity contribution in [2.75, 3.05) is 20.3 Å². The summed E-state index contributed by atoms with van der Waals surface area (Å²) < 4.78 is 44.5. The minimum Gasteiger partial charge on any atom is -0.385 e. The molecule has 102 valence electrons. The molecule has 0 saturated carbocycles. The van der Waals surface area contributed by atoms with Crippen molar-refractivity contribution in [1.82, 2.24) is 4.72 Å². The molecule has 0 fully saturated rings. The zero-order valence-electron chi connectivity index (χ0n) is 10.1. The van der Waals surface area contributed by atoms with Crippen molar-refractivity contribution in [1.29, 1.82) is 0 Å². The summed E-state index contributed by atoms with van der Waals surface area (Å²) in [6.07, 6.45) is 0.545. The van der Waals surface area contributed by atoms with Crippen LogP contribution in [0.4, 0.5) is 4.39 Å². The molecule has 0 aliphatic heterocycles. The summed E-state index contributed by atoms with van der Waals surface area (Å²) in [6, 6.07) is 3.87. The summed E-state index contributed by atoms with van der Waals surface area (Å²) in [6.45, 7) is 0.521. The van der Waals surface area contributed by atoms with Crippen molar-refractivity contribution in [2.45, 2.75) is 17.9 Å². The van der Waals surface area contributed by atoms with Gasteiger partial charge in [-0.3, -0.25) is 0 Å². The molecular formula is C11H17FN2O3S. The van der Waals surface area contributed by atoms with Crippen LogP contribution in [-0.4, -0.2) is 28.7 Å². The molecule has 1 aromatic carbocycles. The molecule has 5 nitrogen and oxygen atoms in total. The zero-order chi connectivity index (χ0) is 13.6. The summed E-state index contributed by atoms with van der Waals surface area (Å²) in [5.41, 5.74) is 5.37. The van der Waals surface area contributed by atoms with Crippen LogP contribution in [0.2, 0.25) is 0 Å². The predicted molar refractivity (Wildman–Crippen MR) is 66.0 cm³/mol. The van der Waals surface area contributed by atoms with E-state index in [9.17, 15) is 12.8 Å². The van der Waals surface area contributed by atoms with Crippen LogP contribution in [0.15, 0.2) is 23.1 Å². The molecule has 0 atom stereocenters. The Kier molecular flexibility index (Phi) is 5.67. The molecule has 3 N–H and O–H groups in total. The van der Waals surface area contributed by atoms with Crippen molar-refractivity contribution in [2.24, 2.45) is 5.73 Å². The number of halogens is 1. The first-order valence-electron chi connectivity index (χ1n) is 5.49. The minimum atomic E-state index is -3.73. The van der Waals surface area contributed by atoms with Crippen LogP contribution in [0.25, 0.3) is 0 Å². The summed E-state index contributed by atoms with van der Waals surface area (Å²) in [4.78, 5) is -0.109. The molecule has 7 heteroatoms. The number of hydrogen-bond donors (Lipinski definition) is 2. The van der Waals surface area contributed by atoms with Gasteiger partial charge in [-0.15, -0.1) is 0 Å². The smallest absolute Gasteiger partial charge is 0.240 e. The molecule has 0 heterocycles. The molecule has 0 amide bonds. The Balaban J connectivity index is 2.88. The van der Waals surface area contributed by atoms with Crippen LogP contribution in [0, 0.1) is 5.82 Å². The van der Waals surface area contributed by atoms with Gasteiger partial charge in [-0.2, -0.15) is 0 Å². The molecule has 0 radical (unpaired) electrons. The van der Waals surface area contributed by atoms with Crippen LogP contribution in [-0.2, 0) is 21.3 Å². The van der Waals surface area contributed by atoms with E-state index in [1.807, 2.05) is 0 Å². The molecular weight excluding hydrogens is 259 g/mol. The van der Waals surface area contributed by atoms with Gasteiger partial charge in [-0.05, 0) is 18.6 Å². The second-order valence-electron chi connectivity index (χ2n) is 3.66. The van der Waals surface area contributed by atoms with Gasteiger partial charge in [0.25, 0.3) is 0 Å². The quantitative estimate of drug-likeness (QED) is 0.715. The van der Waals surface area contributed by atoms with E-state index in [0.29, 0.717) is 13.0 Å². The lowest BCUT2D eigenvalue weighted by molar-refractivity contribution is 0.196. The maximum absolute atomic E-state index is 13.4. The van der Waals surface area contributed by atoms with Gasteiger partial charge in [-0.1, -0.05) is 6.07 Å². The average molecular weight is 276 g/mol. The van der Waals surface area contributed by atoms with Gasteiger partial charge in [0, 0.05) is 32.4 Å². The summed E-state index contributed by atoms with van der Waals surface area (Å²) >= 11 is 0. The molecule has 0 aliphatic rings. The van der Waals surface area contributed by atoms with Gasteiger partial charge < -0.3 is 10.5 Å². The lowest BCUT2D eigenvalue weighted by atomic mass is 10.2. The molecule has 0 unspecified atom stereocenters. The first-order valence-corrected chi connectivity index (χ1v) is 6.97. The van der Waals surface area contributed by atoms with Gasteiger partial charge in [0.2, 0.25) is 10.0 Å². The lowest BCUT2D eigenvalue weighted by Gasteiger charge is -2.10. The highest BCUT2D eigenvalue weighted by atomic mass is 32.2. The van der Waals surface area contributed by atoms with E-state index < -0.39 is 15.8 Å². The fourth-order valence-electron chi connectivity index (χ4n) is 1.49. The van der Waals surface area contributed by atoms with Crippen LogP contribution in [0.5, 0.6) is 0 Å². The van der Waals surface area contributed by atoms with E-state index in [0.717, 1.165) is 0 Å². The molecule has 0 aromatic heterocycles. The van der Waals surface area contributed by atoms with E-state index >= 15 is 0 Å². The number of rotatable bonds is 7. The Morgan fingerprint density at radius 1 is 1.44 bits per heavy atom. The number of sulfonamides is 1. The van der Waals surface area contributed by atoms with Crippen molar-refractivity contribution in [3.05, 3.63) is 29.6 Å². The van der Waals surface area contributed by atoms with Crippen LogP contribution >= 0.6 is 0 Å². The van der Waals surface area contributed by atoms with E-state index in [1.54, 1.807) is 0 Å². The standard InChI is InChI=1S/C11H17FN2O3S/c1-17-7-3-6-14-18(15,16)11-5-2-4-10(12)9(11)8-13/h2,4-5,14H,3,6-8,13H2,1H3. The highest BCUT2D eigenvalue weighted by Crippen LogP contribution is 2.18. The third-order valence-corrected chi connectivity index (χ3v) is 3.93. The Labute approximate surface area is 106 Å². The maximum atomic E-state index is 13.4. The van der Waals surface area contributed by atoms with Gasteiger partial charge in [-0.25, -0.2) is 17.5 Å². The highest BCUT2D eigenvalue weighted by Gasteiger charge is 2.19.